The molecule has 0 saturated heterocycles. The minimum absolute atomic E-state index is 0.00445. The van der Waals surface area contributed by atoms with E-state index in [1.54, 1.807) is 4.90 Å². The van der Waals surface area contributed by atoms with E-state index in [1.165, 1.54) is 0 Å². The van der Waals surface area contributed by atoms with Crippen LogP contribution < -0.4 is 0 Å². The van der Waals surface area contributed by atoms with Crippen LogP contribution in [0.25, 0.3) is 6.08 Å². The maximum absolute atomic E-state index is 14.5. The molecular weight excluding hydrogens is 498 g/mol. The highest BCUT2D eigenvalue weighted by Gasteiger charge is 2.44. The summed E-state index contributed by atoms with van der Waals surface area (Å²) in [5.74, 6) is -0.372. The average Bonchev–Trinajstić information content (AvgIpc) is 2.97. The molecule has 0 fully saturated rings. The molecule has 0 N–H and O–H groups in total. The first-order valence-corrected chi connectivity index (χ1v) is 13.6. The number of amides is 1. The zero-order valence-corrected chi connectivity index (χ0v) is 23.0. The van der Waals surface area contributed by atoms with Gasteiger partial charge in [-0.15, -0.1) is 0 Å². The summed E-state index contributed by atoms with van der Waals surface area (Å²) in [7, 11) is 0. The Morgan fingerprint density at radius 2 is 1.23 bits per heavy atom. The summed E-state index contributed by atoms with van der Waals surface area (Å²) >= 11 is 0. The molecule has 5 nitrogen and oxygen atoms in total. The average molecular weight is 532 g/mol. The monoisotopic (exact) mass is 531 g/mol. The van der Waals surface area contributed by atoms with Gasteiger partial charge in [-0.05, 0) is 38.0 Å². The van der Waals surface area contributed by atoms with Gasteiger partial charge in [0.15, 0.2) is 5.60 Å². The molecule has 0 radical (unpaired) electrons. The highest BCUT2D eigenvalue weighted by molar-refractivity contribution is 5.79. The second kappa shape index (κ2) is 11.6. The van der Waals surface area contributed by atoms with Crippen molar-refractivity contribution in [1.82, 2.24) is 4.90 Å². The Labute approximate surface area is 235 Å². The van der Waals surface area contributed by atoms with Crippen LogP contribution in [0.2, 0.25) is 0 Å². The lowest BCUT2D eigenvalue weighted by Crippen LogP contribution is -2.43. The van der Waals surface area contributed by atoms with Crippen molar-refractivity contribution in [1.29, 1.82) is 0 Å². The van der Waals surface area contributed by atoms with E-state index in [0.29, 0.717) is 5.70 Å². The van der Waals surface area contributed by atoms with Gasteiger partial charge >= 0.3 is 12.1 Å². The first-order chi connectivity index (χ1) is 19.4. The van der Waals surface area contributed by atoms with Crippen LogP contribution in [0.5, 0.6) is 0 Å². The highest BCUT2D eigenvalue weighted by atomic mass is 16.6. The van der Waals surface area contributed by atoms with Crippen LogP contribution in [0.15, 0.2) is 121 Å². The third kappa shape index (κ3) is 5.28. The zero-order chi connectivity index (χ0) is 28.1. The maximum Gasteiger partial charge on any atom is 0.416 e. The van der Waals surface area contributed by atoms with Gasteiger partial charge in [0.05, 0.1) is 18.6 Å². The summed E-state index contributed by atoms with van der Waals surface area (Å²) in [6.07, 6.45) is 1.15. The molecule has 4 aromatic carbocycles. The Hall–Kier alpha value is -4.64. The third-order valence-corrected chi connectivity index (χ3v) is 7.12. The Morgan fingerprint density at radius 1 is 0.750 bits per heavy atom. The topological polar surface area (TPSA) is 55.8 Å². The standard InChI is InChI=1S/C35H33NO4/c1-25(2)39-33(37)24-32-31-22-14-13-15-27(31)23-26(3)36(32)34(38)40-35(28-16-7-4-8-17-28,29-18-9-5-10-19-29)30-20-11-6-12-21-30/h4-23,25,32H,24H2,1-3H3/t32-/m1/s1. The molecule has 202 valence electrons. The van der Waals surface area contributed by atoms with E-state index in [-0.39, 0.29) is 18.5 Å². The molecule has 1 aliphatic heterocycles. The van der Waals surface area contributed by atoms with Gasteiger partial charge in [0.25, 0.3) is 0 Å². The maximum atomic E-state index is 14.5. The van der Waals surface area contributed by atoms with E-state index in [0.717, 1.165) is 27.8 Å². The smallest absolute Gasteiger partial charge is 0.416 e. The fraction of sp³-hybridized carbons (Fsp3) is 0.200. The molecule has 4 aromatic rings. The molecule has 0 bridgehead atoms. The molecule has 40 heavy (non-hydrogen) atoms. The van der Waals surface area contributed by atoms with E-state index in [4.69, 9.17) is 9.47 Å². The van der Waals surface area contributed by atoms with Crippen molar-refractivity contribution in [3.8, 4) is 0 Å². The van der Waals surface area contributed by atoms with Crippen LogP contribution in [0.1, 0.15) is 61.1 Å². The van der Waals surface area contributed by atoms with E-state index in [1.807, 2.05) is 142 Å². The minimum atomic E-state index is -1.24. The molecule has 1 amide bonds. The number of rotatable bonds is 7. The van der Waals surface area contributed by atoms with Crippen molar-refractivity contribution < 1.29 is 19.1 Å². The van der Waals surface area contributed by atoms with Gasteiger partial charge in [-0.25, -0.2) is 4.79 Å². The SMILES string of the molecule is CC1=Cc2ccccc2[C@@H](CC(=O)OC(C)C)N1C(=O)OC(c1ccccc1)(c1ccccc1)c1ccccc1. The van der Waals surface area contributed by atoms with Gasteiger partial charge in [0.1, 0.15) is 0 Å². The molecule has 5 heteroatoms. The number of hydrogen-bond donors (Lipinski definition) is 0. The van der Waals surface area contributed by atoms with Gasteiger partial charge in [-0.2, -0.15) is 0 Å². The first kappa shape index (κ1) is 26.9. The lowest BCUT2D eigenvalue weighted by Gasteiger charge is -2.40. The van der Waals surface area contributed by atoms with E-state index in [9.17, 15) is 9.59 Å². The van der Waals surface area contributed by atoms with Crippen molar-refractivity contribution in [2.75, 3.05) is 0 Å². The second-order valence-electron chi connectivity index (χ2n) is 10.2. The van der Waals surface area contributed by atoms with Crippen LogP contribution >= 0.6 is 0 Å². The van der Waals surface area contributed by atoms with Crippen LogP contribution in [0.3, 0.4) is 0 Å². The Kier molecular flexibility index (Phi) is 7.83. The van der Waals surface area contributed by atoms with Crippen LogP contribution in [-0.4, -0.2) is 23.1 Å². The molecule has 0 unspecified atom stereocenters. The second-order valence-corrected chi connectivity index (χ2v) is 10.2. The number of esters is 1. The van der Waals surface area contributed by atoms with Gasteiger partial charge in [0.2, 0.25) is 0 Å². The predicted octanol–water partition coefficient (Wildman–Crippen LogP) is 7.87. The molecule has 1 aliphatic rings. The third-order valence-electron chi connectivity index (χ3n) is 7.12. The summed E-state index contributed by atoms with van der Waals surface area (Å²) in [5.41, 5.74) is 3.74. The normalized spacial score (nSPS) is 14.8. The zero-order valence-electron chi connectivity index (χ0n) is 23.0. The van der Waals surface area contributed by atoms with Crippen molar-refractivity contribution in [2.24, 2.45) is 0 Å². The molecular formula is C35H33NO4. The first-order valence-electron chi connectivity index (χ1n) is 13.6. The number of allylic oxidation sites excluding steroid dienone is 1. The van der Waals surface area contributed by atoms with Gasteiger partial charge in [-0.1, -0.05) is 115 Å². The van der Waals surface area contributed by atoms with Crippen LogP contribution in [-0.2, 0) is 19.9 Å². The summed E-state index contributed by atoms with van der Waals surface area (Å²) in [6, 6.07) is 36.5. The Morgan fingerprint density at radius 3 is 1.73 bits per heavy atom. The van der Waals surface area contributed by atoms with Gasteiger partial charge in [0, 0.05) is 22.4 Å². The van der Waals surface area contributed by atoms with Crippen LogP contribution in [0.4, 0.5) is 4.79 Å². The number of hydrogen-bond acceptors (Lipinski definition) is 4. The quantitative estimate of drug-likeness (QED) is 0.180. The summed E-state index contributed by atoms with van der Waals surface area (Å²) < 4.78 is 12.2. The molecule has 0 spiro atoms. The van der Waals surface area contributed by atoms with E-state index < -0.39 is 17.7 Å². The fourth-order valence-electron chi connectivity index (χ4n) is 5.44. The molecule has 1 heterocycles. The molecule has 0 aromatic heterocycles. The number of benzene rings is 4. The highest BCUT2D eigenvalue weighted by Crippen LogP contribution is 2.43. The van der Waals surface area contributed by atoms with Crippen molar-refractivity contribution in [3.05, 3.63) is 149 Å². The summed E-state index contributed by atoms with van der Waals surface area (Å²) in [5, 5.41) is 0. The number of fused-ring (bicyclic) bond motifs is 1. The van der Waals surface area contributed by atoms with E-state index >= 15 is 0 Å². The predicted molar refractivity (Wildman–Crippen MR) is 156 cm³/mol. The number of carbonyl (C=O) groups excluding carboxylic acids is 2. The number of carbonyl (C=O) groups is 2. The molecule has 5 rings (SSSR count). The van der Waals surface area contributed by atoms with Gasteiger partial charge < -0.3 is 9.47 Å². The molecule has 0 aliphatic carbocycles. The van der Waals surface area contributed by atoms with Crippen molar-refractivity contribution >= 4 is 18.1 Å². The number of ether oxygens (including phenoxy) is 2. The minimum Gasteiger partial charge on any atom is -0.463 e. The summed E-state index contributed by atoms with van der Waals surface area (Å²) in [4.78, 5) is 29.0. The fourth-order valence-corrected chi connectivity index (χ4v) is 5.44. The largest absolute Gasteiger partial charge is 0.463 e. The van der Waals surface area contributed by atoms with Crippen molar-refractivity contribution in [2.45, 2.75) is 44.9 Å². The Balaban J connectivity index is 1.64. The van der Waals surface area contributed by atoms with E-state index in [2.05, 4.69) is 0 Å². The van der Waals surface area contributed by atoms with Crippen LogP contribution in [0, 0.1) is 0 Å². The van der Waals surface area contributed by atoms with Gasteiger partial charge in [-0.3, -0.25) is 9.69 Å². The van der Waals surface area contributed by atoms with Crippen molar-refractivity contribution in [3.63, 3.8) is 0 Å². The summed E-state index contributed by atoms with van der Waals surface area (Å²) in [6.45, 7) is 5.50. The lowest BCUT2D eigenvalue weighted by molar-refractivity contribution is -0.148. The molecule has 0 saturated carbocycles. The Bertz CT molecular complexity index is 1400. The lowest BCUT2D eigenvalue weighted by atomic mass is 9.80. The molecule has 1 atom stereocenters. The number of nitrogens with zero attached hydrogens (tertiary/aromatic N) is 1.